The fourth-order valence-electron chi connectivity index (χ4n) is 0.976. The SMILES string of the molecule is CCN(CC)SNc1ccccc1. The van der Waals surface area contributed by atoms with E-state index in [9.17, 15) is 0 Å². The second-order valence-electron chi connectivity index (χ2n) is 2.67. The van der Waals surface area contributed by atoms with Crippen LogP contribution in [0.1, 0.15) is 13.8 Å². The van der Waals surface area contributed by atoms with Gasteiger partial charge in [0.1, 0.15) is 0 Å². The van der Waals surface area contributed by atoms with Crippen LogP contribution in [0, 0.1) is 0 Å². The van der Waals surface area contributed by atoms with Gasteiger partial charge in [0.15, 0.2) is 0 Å². The molecule has 1 N–H and O–H groups in total. The van der Waals surface area contributed by atoms with E-state index in [1.165, 1.54) is 0 Å². The minimum atomic E-state index is 1.06. The van der Waals surface area contributed by atoms with Crippen LogP contribution in [-0.2, 0) is 0 Å². The van der Waals surface area contributed by atoms with Gasteiger partial charge in [0, 0.05) is 30.9 Å². The van der Waals surface area contributed by atoms with Gasteiger partial charge >= 0.3 is 0 Å². The van der Waals surface area contributed by atoms with E-state index in [2.05, 4.69) is 35.0 Å². The van der Waals surface area contributed by atoms with Crippen LogP contribution in [0.5, 0.6) is 0 Å². The lowest BCUT2D eigenvalue weighted by Gasteiger charge is -2.16. The Morgan fingerprint density at radius 2 is 1.77 bits per heavy atom. The van der Waals surface area contributed by atoms with E-state index in [-0.39, 0.29) is 0 Å². The van der Waals surface area contributed by atoms with Gasteiger partial charge in [0.05, 0.1) is 0 Å². The third kappa shape index (κ3) is 3.70. The van der Waals surface area contributed by atoms with Gasteiger partial charge in [-0.05, 0) is 12.1 Å². The molecule has 0 spiro atoms. The minimum Gasteiger partial charge on any atom is -0.317 e. The molecule has 0 aliphatic carbocycles. The Hall–Kier alpha value is -0.670. The molecule has 0 heterocycles. The molecule has 0 saturated heterocycles. The lowest BCUT2D eigenvalue weighted by Crippen LogP contribution is -2.16. The standard InChI is InChI=1S/C10H16N2S/c1-3-12(4-2)13-11-10-8-6-5-7-9-10/h5-9,11H,3-4H2,1-2H3. The summed E-state index contributed by atoms with van der Waals surface area (Å²) in [5.41, 5.74) is 1.15. The second-order valence-corrected chi connectivity index (χ2v) is 3.58. The Balaban J connectivity index is 2.34. The maximum atomic E-state index is 3.29. The van der Waals surface area contributed by atoms with Crippen LogP contribution in [0.15, 0.2) is 30.3 Å². The van der Waals surface area contributed by atoms with E-state index in [1.54, 1.807) is 12.1 Å². The summed E-state index contributed by atoms with van der Waals surface area (Å²) in [5, 5.41) is 0. The summed E-state index contributed by atoms with van der Waals surface area (Å²) in [4.78, 5) is 0. The van der Waals surface area contributed by atoms with E-state index in [0.717, 1.165) is 18.8 Å². The van der Waals surface area contributed by atoms with Crippen molar-refractivity contribution < 1.29 is 0 Å². The first-order valence-electron chi connectivity index (χ1n) is 4.59. The molecule has 0 aliphatic rings. The number of nitrogens with one attached hydrogen (secondary N) is 1. The van der Waals surface area contributed by atoms with E-state index in [0.29, 0.717) is 0 Å². The molecule has 0 aliphatic heterocycles. The Kier molecular flexibility index (Phi) is 4.72. The number of hydrogen-bond acceptors (Lipinski definition) is 3. The smallest absolute Gasteiger partial charge is 0.0452 e. The van der Waals surface area contributed by atoms with Crippen molar-refractivity contribution >= 4 is 17.8 Å². The fraction of sp³-hybridized carbons (Fsp3) is 0.400. The zero-order chi connectivity index (χ0) is 9.52. The summed E-state index contributed by atoms with van der Waals surface area (Å²) in [5.74, 6) is 0. The van der Waals surface area contributed by atoms with Crippen LogP contribution >= 0.6 is 12.1 Å². The molecular weight excluding hydrogens is 180 g/mol. The molecule has 0 unspecified atom stereocenters. The molecule has 0 bridgehead atoms. The molecule has 0 fully saturated rings. The zero-order valence-electron chi connectivity index (χ0n) is 8.16. The predicted molar refractivity (Wildman–Crippen MR) is 60.6 cm³/mol. The van der Waals surface area contributed by atoms with Crippen LogP contribution in [0.2, 0.25) is 0 Å². The third-order valence-electron chi connectivity index (χ3n) is 1.77. The summed E-state index contributed by atoms with van der Waals surface area (Å²) in [6.45, 7) is 6.42. The molecule has 1 rings (SSSR count). The van der Waals surface area contributed by atoms with Crippen molar-refractivity contribution in [3.05, 3.63) is 30.3 Å². The Labute approximate surface area is 84.6 Å². The monoisotopic (exact) mass is 196 g/mol. The van der Waals surface area contributed by atoms with Crippen LogP contribution < -0.4 is 4.72 Å². The van der Waals surface area contributed by atoms with Gasteiger partial charge in [-0.3, -0.25) is 0 Å². The number of benzene rings is 1. The van der Waals surface area contributed by atoms with Crippen molar-refractivity contribution in [1.82, 2.24) is 4.31 Å². The molecule has 0 atom stereocenters. The van der Waals surface area contributed by atoms with Gasteiger partial charge in [-0.25, -0.2) is 4.31 Å². The molecule has 13 heavy (non-hydrogen) atoms. The molecule has 1 aromatic carbocycles. The Bertz CT molecular complexity index is 222. The summed E-state index contributed by atoms with van der Waals surface area (Å²) in [6, 6.07) is 10.2. The maximum absolute atomic E-state index is 3.29. The average Bonchev–Trinajstić information content (AvgIpc) is 2.21. The average molecular weight is 196 g/mol. The van der Waals surface area contributed by atoms with Crippen molar-refractivity contribution in [2.24, 2.45) is 0 Å². The first-order valence-corrected chi connectivity index (χ1v) is 5.37. The third-order valence-corrected chi connectivity index (χ3v) is 2.87. The van der Waals surface area contributed by atoms with E-state index in [1.807, 2.05) is 18.2 Å². The lowest BCUT2D eigenvalue weighted by molar-refractivity contribution is 0.527. The van der Waals surface area contributed by atoms with Gasteiger partial charge in [-0.15, -0.1) is 0 Å². The van der Waals surface area contributed by atoms with Crippen LogP contribution in [0.4, 0.5) is 5.69 Å². The highest BCUT2D eigenvalue weighted by molar-refractivity contribution is 7.98. The first kappa shape index (κ1) is 10.4. The molecule has 2 nitrogen and oxygen atoms in total. The number of para-hydroxylation sites is 1. The summed E-state index contributed by atoms with van der Waals surface area (Å²) in [7, 11) is 0. The van der Waals surface area contributed by atoms with E-state index < -0.39 is 0 Å². The van der Waals surface area contributed by atoms with Crippen molar-refractivity contribution in [1.29, 1.82) is 0 Å². The van der Waals surface area contributed by atoms with Crippen LogP contribution in [-0.4, -0.2) is 17.4 Å². The van der Waals surface area contributed by atoms with E-state index in [4.69, 9.17) is 0 Å². The highest BCUT2D eigenvalue weighted by Gasteiger charge is 1.98. The highest BCUT2D eigenvalue weighted by Crippen LogP contribution is 2.14. The summed E-state index contributed by atoms with van der Waals surface area (Å²) < 4.78 is 5.55. The normalized spacial score (nSPS) is 10.4. The van der Waals surface area contributed by atoms with Crippen molar-refractivity contribution in [3.8, 4) is 0 Å². The quantitative estimate of drug-likeness (QED) is 0.729. The number of rotatable bonds is 5. The largest absolute Gasteiger partial charge is 0.317 e. The van der Waals surface area contributed by atoms with Gasteiger partial charge in [0.2, 0.25) is 0 Å². The van der Waals surface area contributed by atoms with Crippen molar-refractivity contribution in [2.45, 2.75) is 13.8 Å². The minimum absolute atomic E-state index is 1.06. The molecule has 72 valence electrons. The predicted octanol–water partition coefficient (Wildman–Crippen LogP) is 3.00. The molecule has 3 heteroatoms. The molecular formula is C10H16N2S. The molecule has 0 radical (unpaired) electrons. The summed E-state index contributed by atoms with van der Waals surface area (Å²) in [6.07, 6.45) is 0. The van der Waals surface area contributed by atoms with Crippen LogP contribution in [0.3, 0.4) is 0 Å². The molecule has 0 amide bonds. The molecule has 1 aromatic rings. The van der Waals surface area contributed by atoms with Gasteiger partial charge in [-0.2, -0.15) is 0 Å². The molecule has 0 saturated carbocycles. The Morgan fingerprint density at radius 3 is 2.31 bits per heavy atom. The zero-order valence-corrected chi connectivity index (χ0v) is 8.97. The first-order chi connectivity index (χ1) is 6.36. The lowest BCUT2D eigenvalue weighted by atomic mass is 10.3. The molecule has 0 aromatic heterocycles. The number of nitrogens with zero attached hydrogens (tertiary/aromatic N) is 1. The van der Waals surface area contributed by atoms with Crippen molar-refractivity contribution in [2.75, 3.05) is 17.8 Å². The second kappa shape index (κ2) is 5.89. The van der Waals surface area contributed by atoms with Crippen LogP contribution in [0.25, 0.3) is 0 Å². The topological polar surface area (TPSA) is 15.3 Å². The Morgan fingerprint density at radius 1 is 1.15 bits per heavy atom. The van der Waals surface area contributed by atoms with Gasteiger partial charge in [-0.1, -0.05) is 32.0 Å². The maximum Gasteiger partial charge on any atom is 0.0452 e. The van der Waals surface area contributed by atoms with Gasteiger partial charge < -0.3 is 4.72 Å². The summed E-state index contributed by atoms with van der Waals surface area (Å²) >= 11 is 1.66. The number of anilines is 1. The van der Waals surface area contributed by atoms with E-state index >= 15 is 0 Å². The fourth-order valence-corrected chi connectivity index (χ4v) is 1.60. The number of hydrogen-bond donors (Lipinski definition) is 1. The highest BCUT2D eigenvalue weighted by atomic mass is 32.2. The van der Waals surface area contributed by atoms with Gasteiger partial charge in [0.25, 0.3) is 0 Å². The van der Waals surface area contributed by atoms with Crippen molar-refractivity contribution in [3.63, 3.8) is 0 Å².